The molecule has 112 valence electrons. The number of halogens is 1. The Morgan fingerprint density at radius 3 is 2.48 bits per heavy atom. The molecule has 3 heteroatoms. The molecule has 0 aromatic heterocycles. The zero-order valence-corrected chi connectivity index (χ0v) is 14.0. The van der Waals surface area contributed by atoms with Crippen molar-refractivity contribution in [3.8, 4) is 5.75 Å². The van der Waals surface area contributed by atoms with E-state index in [1.54, 1.807) is 0 Å². The molecule has 2 rings (SSSR count). The van der Waals surface area contributed by atoms with E-state index in [9.17, 15) is 0 Å². The topological polar surface area (TPSA) is 21.3 Å². The molecular weight excluding hydrogens is 326 g/mol. The number of rotatable bonds is 8. The summed E-state index contributed by atoms with van der Waals surface area (Å²) >= 11 is 3.49. The highest BCUT2D eigenvalue weighted by atomic mass is 79.9. The highest BCUT2D eigenvalue weighted by Gasteiger charge is 1.97. The Bertz CT molecular complexity index is 539. The van der Waals surface area contributed by atoms with Crippen molar-refractivity contribution in [1.82, 2.24) is 5.32 Å². The van der Waals surface area contributed by atoms with Gasteiger partial charge in [-0.05, 0) is 41.8 Å². The molecule has 0 heterocycles. The molecule has 0 aliphatic carbocycles. The summed E-state index contributed by atoms with van der Waals surface area (Å²) in [5.74, 6) is 0.958. The van der Waals surface area contributed by atoms with Crippen LogP contribution in [-0.4, -0.2) is 6.61 Å². The van der Waals surface area contributed by atoms with Gasteiger partial charge in [0.1, 0.15) is 5.75 Å². The van der Waals surface area contributed by atoms with Gasteiger partial charge in [-0.25, -0.2) is 0 Å². The highest BCUT2D eigenvalue weighted by molar-refractivity contribution is 9.10. The van der Waals surface area contributed by atoms with E-state index in [1.165, 1.54) is 11.1 Å². The lowest BCUT2D eigenvalue weighted by molar-refractivity contribution is 0.309. The van der Waals surface area contributed by atoms with Crippen molar-refractivity contribution in [2.45, 2.75) is 32.9 Å². The van der Waals surface area contributed by atoms with Crippen LogP contribution in [0.1, 0.15) is 30.9 Å². The minimum Gasteiger partial charge on any atom is -0.494 e. The summed E-state index contributed by atoms with van der Waals surface area (Å²) in [6.07, 6.45) is 2.27. The van der Waals surface area contributed by atoms with Gasteiger partial charge in [-0.2, -0.15) is 0 Å². The summed E-state index contributed by atoms with van der Waals surface area (Å²) in [5, 5.41) is 3.46. The van der Waals surface area contributed by atoms with Gasteiger partial charge >= 0.3 is 0 Å². The fourth-order valence-corrected chi connectivity index (χ4v) is 2.48. The number of benzene rings is 2. The first-order chi connectivity index (χ1) is 10.3. The van der Waals surface area contributed by atoms with Crippen LogP contribution in [0.3, 0.4) is 0 Å². The van der Waals surface area contributed by atoms with E-state index in [-0.39, 0.29) is 0 Å². The molecule has 2 aromatic carbocycles. The monoisotopic (exact) mass is 347 g/mol. The van der Waals surface area contributed by atoms with Gasteiger partial charge in [0.15, 0.2) is 0 Å². The largest absolute Gasteiger partial charge is 0.494 e. The van der Waals surface area contributed by atoms with Gasteiger partial charge in [0.25, 0.3) is 0 Å². The van der Waals surface area contributed by atoms with Gasteiger partial charge < -0.3 is 10.1 Å². The van der Waals surface area contributed by atoms with E-state index in [4.69, 9.17) is 4.74 Å². The Hall–Kier alpha value is -1.32. The van der Waals surface area contributed by atoms with Crippen molar-refractivity contribution < 1.29 is 4.74 Å². The summed E-state index contributed by atoms with van der Waals surface area (Å²) in [4.78, 5) is 0. The Morgan fingerprint density at radius 2 is 1.76 bits per heavy atom. The van der Waals surface area contributed by atoms with Crippen LogP contribution in [-0.2, 0) is 13.1 Å². The normalized spacial score (nSPS) is 10.6. The quantitative estimate of drug-likeness (QED) is 0.684. The summed E-state index contributed by atoms with van der Waals surface area (Å²) in [6, 6.07) is 16.7. The van der Waals surface area contributed by atoms with E-state index in [2.05, 4.69) is 58.5 Å². The maximum absolute atomic E-state index is 5.66. The van der Waals surface area contributed by atoms with Crippen molar-refractivity contribution in [3.63, 3.8) is 0 Å². The van der Waals surface area contributed by atoms with Gasteiger partial charge in [0.2, 0.25) is 0 Å². The molecule has 0 unspecified atom stereocenters. The molecule has 2 nitrogen and oxygen atoms in total. The molecule has 0 atom stereocenters. The molecule has 0 saturated heterocycles. The molecule has 0 aliphatic heterocycles. The molecule has 0 spiro atoms. The van der Waals surface area contributed by atoms with Crippen LogP contribution >= 0.6 is 15.9 Å². The standard InChI is InChI=1S/C18H22BrNO/c1-2-3-11-21-18-9-7-15(8-10-18)13-20-14-16-5-4-6-17(19)12-16/h4-10,12,20H,2-3,11,13-14H2,1H3. The van der Waals surface area contributed by atoms with E-state index in [0.717, 1.165) is 42.8 Å². The molecule has 0 aliphatic rings. The van der Waals surface area contributed by atoms with Gasteiger partial charge in [-0.15, -0.1) is 0 Å². The minimum atomic E-state index is 0.803. The first kappa shape index (κ1) is 16.1. The van der Waals surface area contributed by atoms with Crippen molar-refractivity contribution >= 4 is 15.9 Å². The van der Waals surface area contributed by atoms with E-state index >= 15 is 0 Å². The highest BCUT2D eigenvalue weighted by Crippen LogP contribution is 2.14. The maximum atomic E-state index is 5.66. The van der Waals surface area contributed by atoms with Crippen LogP contribution in [0.5, 0.6) is 5.75 Å². The fraction of sp³-hybridized carbons (Fsp3) is 0.333. The van der Waals surface area contributed by atoms with Crippen LogP contribution < -0.4 is 10.1 Å². The Kier molecular flexibility index (Phi) is 6.77. The second kappa shape index (κ2) is 8.85. The lowest BCUT2D eigenvalue weighted by Crippen LogP contribution is -2.12. The van der Waals surface area contributed by atoms with Crippen LogP contribution in [0.25, 0.3) is 0 Å². The fourth-order valence-electron chi connectivity index (χ4n) is 2.04. The predicted molar refractivity (Wildman–Crippen MR) is 91.5 cm³/mol. The SMILES string of the molecule is CCCCOc1ccc(CNCc2cccc(Br)c2)cc1. The van der Waals surface area contributed by atoms with Crippen LogP contribution in [0.15, 0.2) is 53.0 Å². The average molecular weight is 348 g/mol. The Labute approximate surface area is 135 Å². The maximum Gasteiger partial charge on any atom is 0.119 e. The summed E-state index contributed by atoms with van der Waals surface area (Å²) in [7, 11) is 0. The van der Waals surface area contributed by atoms with E-state index < -0.39 is 0 Å². The third kappa shape index (κ3) is 5.90. The Balaban J connectivity index is 1.75. The second-order valence-corrected chi connectivity index (χ2v) is 6.00. The third-order valence-corrected chi connectivity index (χ3v) is 3.73. The number of nitrogens with one attached hydrogen (secondary N) is 1. The zero-order chi connectivity index (χ0) is 14.9. The van der Waals surface area contributed by atoms with Gasteiger partial charge in [-0.3, -0.25) is 0 Å². The van der Waals surface area contributed by atoms with Gasteiger partial charge in [0, 0.05) is 17.6 Å². The number of hydrogen-bond acceptors (Lipinski definition) is 2. The molecule has 0 fully saturated rings. The third-order valence-electron chi connectivity index (χ3n) is 3.24. The lowest BCUT2D eigenvalue weighted by atomic mass is 10.2. The smallest absolute Gasteiger partial charge is 0.119 e. The molecule has 0 radical (unpaired) electrons. The minimum absolute atomic E-state index is 0.803. The Morgan fingerprint density at radius 1 is 1.00 bits per heavy atom. The van der Waals surface area contributed by atoms with Gasteiger partial charge in [-0.1, -0.05) is 53.5 Å². The van der Waals surface area contributed by atoms with Crippen LogP contribution in [0, 0.1) is 0 Å². The predicted octanol–water partition coefficient (Wildman–Crippen LogP) is 4.92. The van der Waals surface area contributed by atoms with Crippen molar-refractivity contribution in [1.29, 1.82) is 0 Å². The van der Waals surface area contributed by atoms with E-state index in [0.29, 0.717) is 0 Å². The molecule has 0 amide bonds. The van der Waals surface area contributed by atoms with Crippen LogP contribution in [0.4, 0.5) is 0 Å². The van der Waals surface area contributed by atoms with Crippen LogP contribution in [0.2, 0.25) is 0 Å². The first-order valence-corrected chi connectivity index (χ1v) is 8.24. The number of unbranched alkanes of at least 4 members (excludes halogenated alkanes) is 1. The number of ether oxygens (including phenoxy) is 1. The van der Waals surface area contributed by atoms with E-state index in [1.807, 2.05) is 18.2 Å². The second-order valence-electron chi connectivity index (χ2n) is 5.08. The molecule has 1 N–H and O–H groups in total. The zero-order valence-electron chi connectivity index (χ0n) is 12.4. The van der Waals surface area contributed by atoms with Crippen molar-refractivity contribution in [2.24, 2.45) is 0 Å². The number of hydrogen-bond donors (Lipinski definition) is 1. The molecule has 21 heavy (non-hydrogen) atoms. The molecule has 0 saturated carbocycles. The lowest BCUT2D eigenvalue weighted by Gasteiger charge is -2.08. The molecule has 2 aromatic rings. The van der Waals surface area contributed by atoms with Crippen molar-refractivity contribution in [2.75, 3.05) is 6.61 Å². The molecule has 0 bridgehead atoms. The summed E-state index contributed by atoms with van der Waals surface area (Å²) in [6.45, 7) is 4.70. The summed E-state index contributed by atoms with van der Waals surface area (Å²) in [5.41, 5.74) is 2.55. The first-order valence-electron chi connectivity index (χ1n) is 7.45. The average Bonchev–Trinajstić information content (AvgIpc) is 2.49. The summed E-state index contributed by atoms with van der Waals surface area (Å²) < 4.78 is 6.78. The van der Waals surface area contributed by atoms with Gasteiger partial charge in [0.05, 0.1) is 6.61 Å². The molecular formula is C18H22BrNO. The van der Waals surface area contributed by atoms with Crippen molar-refractivity contribution in [3.05, 3.63) is 64.1 Å².